The molecule has 102 valence electrons. The van der Waals surface area contributed by atoms with E-state index >= 15 is 0 Å². The van der Waals surface area contributed by atoms with Gasteiger partial charge >= 0.3 is 0 Å². The second-order valence-electron chi connectivity index (χ2n) is 5.05. The van der Waals surface area contributed by atoms with E-state index in [9.17, 15) is 9.90 Å². The van der Waals surface area contributed by atoms with Crippen LogP contribution in [0.4, 0.5) is 0 Å². The van der Waals surface area contributed by atoms with Crippen molar-refractivity contribution in [1.29, 1.82) is 5.26 Å². The quantitative estimate of drug-likeness (QED) is 0.885. The Morgan fingerprint density at radius 1 is 1.47 bits per heavy atom. The van der Waals surface area contributed by atoms with E-state index in [1.807, 2.05) is 13.8 Å². The molecule has 0 spiro atoms. The summed E-state index contributed by atoms with van der Waals surface area (Å²) < 4.78 is 0. The summed E-state index contributed by atoms with van der Waals surface area (Å²) in [6.07, 6.45) is 0.329. The molecule has 1 rings (SSSR count). The summed E-state index contributed by atoms with van der Waals surface area (Å²) in [6.45, 7) is 6.89. The number of aryl methyl sites for hydroxylation is 1. The van der Waals surface area contributed by atoms with Crippen molar-refractivity contribution in [2.45, 2.75) is 27.2 Å². The molecule has 0 atom stereocenters. The van der Waals surface area contributed by atoms with Gasteiger partial charge in [-0.1, -0.05) is 13.8 Å². The molecule has 0 saturated carbocycles. The second kappa shape index (κ2) is 6.79. The number of phenols is 1. The zero-order valence-corrected chi connectivity index (χ0v) is 11.7. The van der Waals surface area contributed by atoms with Crippen molar-refractivity contribution in [2.24, 2.45) is 5.92 Å². The van der Waals surface area contributed by atoms with Crippen molar-refractivity contribution in [2.75, 3.05) is 13.1 Å². The molecule has 0 aliphatic carbocycles. The minimum Gasteiger partial charge on any atom is -0.508 e. The lowest BCUT2D eigenvalue weighted by atomic mass is 10.1. The number of phenolic OH excluding ortho intramolecular Hbond substituents is 1. The van der Waals surface area contributed by atoms with E-state index in [1.165, 1.54) is 6.07 Å². The van der Waals surface area contributed by atoms with E-state index in [0.29, 0.717) is 36.6 Å². The number of hydrogen-bond acceptors (Lipinski definition) is 3. The van der Waals surface area contributed by atoms with E-state index < -0.39 is 0 Å². The van der Waals surface area contributed by atoms with E-state index in [2.05, 4.69) is 6.07 Å². The van der Waals surface area contributed by atoms with E-state index in [-0.39, 0.29) is 11.7 Å². The minimum atomic E-state index is -0.0907. The lowest BCUT2D eigenvalue weighted by molar-refractivity contribution is 0.0740. The van der Waals surface area contributed by atoms with Gasteiger partial charge in [-0.25, -0.2) is 0 Å². The Morgan fingerprint density at radius 2 is 2.16 bits per heavy atom. The molecule has 0 aromatic heterocycles. The van der Waals surface area contributed by atoms with Crippen molar-refractivity contribution in [3.8, 4) is 11.8 Å². The first-order valence-electron chi connectivity index (χ1n) is 6.41. The summed E-state index contributed by atoms with van der Waals surface area (Å²) in [5, 5.41) is 18.1. The van der Waals surface area contributed by atoms with Crippen molar-refractivity contribution >= 4 is 5.91 Å². The maximum absolute atomic E-state index is 12.4. The predicted octanol–water partition coefficient (Wildman–Crippen LogP) is 2.71. The van der Waals surface area contributed by atoms with Crippen LogP contribution < -0.4 is 0 Å². The number of hydrogen-bond donors (Lipinski definition) is 1. The SMILES string of the molecule is Cc1cc(C(=O)N(CCC#N)CC(C)C)ccc1O. The lowest BCUT2D eigenvalue weighted by Gasteiger charge is -2.24. The zero-order chi connectivity index (χ0) is 14.4. The molecule has 0 saturated heterocycles. The summed E-state index contributed by atoms with van der Waals surface area (Å²) >= 11 is 0. The number of nitrogens with zero attached hydrogens (tertiary/aromatic N) is 2. The van der Waals surface area contributed by atoms with Gasteiger partial charge in [0, 0.05) is 18.7 Å². The summed E-state index contributed by atoms with van der Waals surface area (Å²) in [5.41, 5.74) is 1.23. The molecule has 4 nitrogen and oxygen atoms in total. The third kappa shape index (κ3) is 4.29. The fourth-order valence-electron chi connectivity index (χ4n) is 1.87. The molecule has 1 N–H and O–H groups in total. The van der Waals surface area contributed by atoms with Crippen molar-refractivity contribution in [3.05, 3.63) is 29.3 Å². The Hall–Kier alpha value is -2.02. The number of benzene rings is 1. The molecule has 0 unspecified atom stereocenters. The monoisotopic (exact) mass is 260 g/mol. The van der Waals surface area contributed by atoms with Gasteiger partial charge in [0.1, 0.15) is 5.75 Å². The number of carbonyl (C=O) groups is 1. The Morgan fingerprint density at radius 3 is 2.68 bits per heavy atom. The van der Waals surface area contributed by atoms with E-state index in [0.717, 1.165) is 0 Å². The van der Waals surface area contributed by atoms with Gasteiger partial charge in [-0.2, -0.15) is 5.26 Å². The summed E-state index contributed by atoms with van der Waals surface area (Å²) in [7, 11) is 0. The molecular weight excluding hydrogens is 240 g/mol. The normalized spacial score (nSPS) is 10.3. The molecule has 0 bridgehead atoms. The summed E-state index contributed by atoms with van der Waals surface area (Å²) in [4.78, 5) is 14.1. The Kier molecular flexibility index (Phi) is 5.37. The fraction of sp³-hybridized carbons (Fsp3) is 0.467. The highest BCUT2D eigenvalue weighted by Crippen LogP contribution is 2.18. The van der Waals surface area contributed by atoms with Crippen molar-refractivity contribution in [1.82, 2.24) is 4.90 Å². The van der Waals surface area contributed by atoms with Crippen LogP contribution in [0.1, 0.15) is 36.2 Å². The van der Waals surface area contributed by atoms with Crippen molar-refractivity contribution < 1.29 is 9.90 Å². The van der Waals surface area contributed by atoms with Crippen LogP contribution in [0.2, 0.25) is 0 Å². The van der Waals surface area contributed by atoms with Crippen molar-refractivity contribution in [3.63, 3.8) is 0 Å². The highest BCUT2D eigenvalue weighted by Gasteiger charge is 2.17. The van der Waals surface area contributed by atoms with Crippen LogP contribution in [0, 0.1) is 24.2 Å². The second-order valence-corrected chi connectivity index (χ2v) is 5.05. The third-order valence-corrected chi connectivity index (χ3v) is 2.81. The van der Waals surface area contributed by atoms with Gasteiger partial charge in [-0.05, 0) is 36.6 Å². The summed E-state index contributed by atoms with van der Waals surface area (Å²) in [6, 6.07) is 6.89. The van der Waals surface area contributed by atoms with Gasteiger partial charge in [0.2, 0.25) is 0 Å². The first-order valence-corrected chi connectivity index (χ1v) is 6.41. The largest absolute Gasteiger partial charge is 0.508 e. The van der Waals surface area contributed by atoms with Gasteiger partial charge in [-0.3, -0.25) is 4.79 Å². The topological polar surface area (TPSA) is 64.3 Å². The van der Waals surface area contributed by atoms with Crippen LogP contribution in [0.3, 0.4) is 0 Å². The predicted molar refractivity (Wildman–Crippen MR) is 73.8 cm³/mol. The molecule has 1 amide bonds. The molecule has 0 fully saturated rings. The standard InChI is InChI=1S/C15H20N2O2/c1-11(2)10-17(8-4-7-16)15(19)13-5-6-14(18)12(3)9-13/h5-6,9,11,18H,4,8,10H2,1-3H3. The highest BCUT2D eigenvalue weighted by molar-refractivity contribution is 5.94. The number of rotatable bonds is 5. The highest BCUT2D eigenvalue weighted by atomic mass is 16.3. The van der Waals surface area contributed by atoms with Gasteiger partial charge < -0.3 is 10.0 Å². The molecule has 0 aliphatic heterocycles. The number of amides is 1. The average molecular weight is 260 g/mol. The molecule has 0 radical (unpaired) electrons. The third-order valence-electron chi connectivity index (χ3n) is 2.81. The molecule has 1 aromatic carbocycles. The Balaban J connectivity index is 2.91. The smallest absolute Gasteiger partial charge is 0.253 e. The Labute approximate surface area is 114 Å². The first kappa shape index (κ1) is 15.0. The number of nitriles is 1. The van der Waals surface area contributed by atoms with Crippen LogP contribution in [-0.4, -0.2) is 29.0 Å². The maximum atomic E-state index is 12.4. The van der Waals surface area contributed by atoms with Gasteiger partial charge in [0.25, 0.3) is 5.91 Å². The average Bonchev–Trinajstić information content (AvgIpc) is 2.36. The van der Waals surface area contributed by atoms with Gasteiger partial charge in [-0.15, -0.1) is 0 Å². The first-order chi connectivity index (χ1) is 8.95. The molecule has 19 heavy (non-hydrogen) atoms. The fourth-order valence-corrected chi connectivity index (χ4v) is 1.87. The van der Waals surface area contributed by atoms with Crippen LogP contribution in [-0.2, 0) is 0 Å². The van der Waals surface area contributed by atoms with E-state index in [1.54, 1.807) is 24.0 Å². The number of carbonyl (C=O) groups excluding carboxylic acids is 1. The van der Waals surface area contributed by atoms with Crippen LogP contribution in [0.15, 0.2) is 18.2 Å². The van der Waals surface area contributed by atoms with Crippen LogP contribution in [0.25, 0.3) is 0 Å². The molecule has 0 heterocycles. The molecule has 4 heteroatoms. The van der Waals surface area contributed by atoms with Crippen LogP contribution >= 0.6 is 0 Å². The van der Waals surface area contributed by atoms with Gasteiger partial charge in [0.05, 0.1) is 12.5 Å². The van der Waals surface area contributed by atoms with E-state index in [4.69, 9.17) is 5.26 Å². The Bertz CT molecular complexity index is 489. The number of aromatic hydroxyl groups is 1. The molecule has 1 aromatic rings. The molecular formula is C15H20N2O2. The van der Waals surface area contributed by atoms with Gasteiger partial charge in [0.15, 0.2) is 0 Å². The zero-order valence-electron chi connectivity index (χ0n) is 11.7. The minimum absolute atomic E-state index is 0.0907. The maximum Gasteiger partial charge on any atom is 0.253 e. The van der Waals surface area contributed by atoms with Crippen LogP contribution in [0.5, 0.6) is 5.75 Å². The lowest BCUT2D eigenvalue weighted by Crippen LogP contribution is -2.35. The summed E-state index contributed by atoms with van der Waals surface area (Å²) in [5.74, 6) is 0.442. The molecule has 0 aliphatic rings.